The molecule has 0 spiro atoms. The molecule has 118 valence electrons. The zero-order valence-corrected chi connectivity index (χ0v) is 13.0. The molecule has 0 fully saturated rings. The molecular weight excluding hydrogens is 305 g/mol. The average Bonchev–Trinajstić information content (AvgIpc) is 3.02. The minimum atomic E-state index is -0.348. The van der Waals surface area contributed by atoms with Gasteiger partial charge in [-0.2, -0.15) is 5.26 Å². The van der Waals surface area contributed by atoms with Gasteiger partial charge in [-0.3, -0.25) is 0 Å². The minimum Gasteiger partial charge on any atom is -0.497 e. The molecule has 3 aromatic rings. The number of halogens is 1. The second-order valence-electron chi connectivity index (χ2n) is 5.07. The van der Waals surface area contributed by atoms with Gasteiger partial charge < -0.3 is 9.72 Å². The van der Waals surface area contributed by atoms with Crippen LogP contribution in [0.4, 0.5) is 4.39 Å². The van der Waals surface area contributed by atoms with E-state index in [0.29, 0.717) is 22.4 Å². The summed E-state index contributed by atoms with van der Waals surface area (Å²) in [5, 5.41) is 9.32. The maximum atomic E-state index is 13.2. The Morgan fingerprint density at radius 1 is 1.25 bits per heavy atom. The molecule has 0 aliphatic rings. The SMILES string of the molecule is COc1ccc(/C=C/C=C(/C#N)c2nc3ccc(F)cc3[nH]2)cc1. The Balaban J connectivity index is 1.85. The van der Waals surface area contributed by atoms with Gasteiger partial charge in [-0.1, -0.05) is 24.3 Å². The number of hydrogen-bond donors (Lipinski definition) is 1. The van der Waals surface area contributed by atoms with Gasteiger partial charge >= 0.3 is 0 Å². The summed E-state index contributed by atoms with van der Waals surface area (Å²) in [5.41, 5.74) is 2.53. The van der Waals surface area contributed by atoms with Gasteiger partial charge in [0.15, 0.2) is 0 Å². The number of ether oxygens (including phenoxy) is 1. The first-order chi connectivity index (χ1) is 11.7. The Labute approximate surface area is 138 Å². The van der Waals surface area contributed by atoms with Gasteiger partial charge in [-0.15, -0.1) is 0 Å². The lowest BCUT2D eigenvalue weighted by molar-refractivity contribution is 0.415. The highest BCUT2D eigenvalue weighted by atomic mass is 19.1. The van der Waals surface area contributed by atoms with Crippen LogP contribution >= 0.6 is 0 Å². The van der Waals surface area contributed by atoms with Gasteiger partial charge in [-0.05, 0) is 42.0 Å². The number of rotatable bonds is 4. The average molecular weight is 319 g/mol. The molecule has 0 saturated carbocycles. The summed E-state index contributed by atoms with van der Waals surface area (Å²) in [5.74, 6) is 0.854. The quantitative estimate of drug-likeness (QED) is 0.575. The molecule has 1 aromatic heterocycles. The van der Waals surface area contributed by atoms with Crippen LogP contribution in [0.5, 0.6) is 5.75 Å². The largest absolute Gasteiger partial charge is 0.497 e. The Hall–Kier alpha value is -3.39. The predicted octanol–water partition coefficient (Wildman–Crippen LogP) is 4.33. The third-order valence-electron chi connectivity index (χ3n) is 3.49. The number of imidazole rings is 1. The highest BCUT2D eigenvalue weighted by Crippen LogP contribution is 2.18. The van der Waals surface area contributed by atoms with Crippen LogP contribution in [0.1, 0.15) is 11.4 Å². The van der Waals surface area contributed by atoms with Crippen molar-refractivity contribution in [3.8, 4) is 11.8 Å². The van der Waals surface area contributed by atoms with Crippen molar-refractivity contribution in [2.75, 3.05) is 7.11 Å². The Morgan fingerprint density at radius 3 is 2.75 bits per heavy atom. The van der Waals surface area contributed by atoms with Gasteiger partial charge in [0.05, 0.1) is 23.7 Å². The summed E-state index contributed by atoms with van der Waals surface area (Å²) in [6, 6.07) is 13.9. The molecule has 0 saturated heterocycles. The number of aromatic amines is 1. The minimum absolute atomic E-state index is 0.348. The predicted molar refractivity (Wildman–Crippen MR) is 91.7 cm³/mol. The van der Waals surface area contributed by atoms with E-state index in [0.717, 1.165) is 11.3 Å². The highest BCUT2D eigenvalue weighted by Gasteiger charge is 2.07. The monoisotopic (exact) mass is 319 g/mol. The molecule has 0 amide bonds. The van der Waals surface area contributed by atoms with E-state index in [-0.39, 0.29) is 5.82 Å². The first-order valence-corrected chi connectivity index (χ1v) is 7.28. The van der Waals surface area contributed by atoms with E-state index >= 15 is 0 Å². The summed E-state index contributed by atoms with van der Waals surface area (Å²) in [4.78, 5) is 7.27. The van der Waals surface area contributed by atoms with Gasteiger partial charge in [0.1, 0.15) is 23.5 Å². The molecule has 0 atom stereocenters. The fourth-order valence-electron chi connectivity index (χ4n) is 2.25. The highest BCUT2D eigenvalue weighted by molar-refractivity contribution is 5.83. The Kier molecular flexibility index (Phi) is 4.39. The van der Waals surface area contributed by atoms with Crippen molar-refractivity contribution in [1.82, 2.24) is 9.97 Å². The lowest BCUT2D eigenvalue weighted by Crippen LogP contribution is -1.83. The molecule has 0 radical (unpaired) electrons. The van der Waals surface area contributed by atoms with Crippen LogP contribution in [0.25, 0.3) is 22.7 Å². The summed E-state index contributed by atoms with van der Waals surface area (Å²) in [7, 11) is 1.62. The van der Waals surface area contributed by atoms with Crippen molar-refractivity contribution in [1.29, 1.82) is 5.26 Å². The molecule has 0 unspecified atom stereocenters. The number of benzene rings is 2. The van der Waals surface area contributed by atoms with Crippen molar-refractivity contribution in [2.24, 2.45) is 0 Å². The van der Waals surface area contributed by atoms with Crippen molar-refractivity contribution >= 4 is 22.7 Å². The number of aromatic nitrogens is 2. The maximum Gasteiger partial charge on any atom is 0.149 e. The van der Waals surface area contributed by atoms with Crippen molar-refractivity contribution in [2.45, 2.75) is 0 Å². The molecule has 5 heteroatoms. The zero-order chi connectivity index (χ0) is 16.9. The van der Waals surface area contributed by atoms with Crippen LogP contribution in [0.15, 0.2) is 54.6 Å². The van der Waals surface area contributed by atoms with Crippen LogP contribution in [-0.2, 0) is 0 Å². The molecule has 0 aliphatic carbocycles. The molecular formula is C19H14FN3O. The number of nitrogens with one attached hydrogen (secondary N) is 1. The number of methoxy groups -OCH3 is 1. The van der Waals surface area contributed by atoms with E-state index < -0.39 is 0 Å². The second kappa shape index (κ2) is 6.80. The van der Waals surface area contributed by atoms with Crippen molar-refractivity contribution in [3.63, 3.8) is 0 Å². The van der Waals surface area contributed by atoms with Crippen LogP contribution in [0.2, 0.25) is 0 Å². The summed E-state index contributed by atoms with van der Waals surface area (Å²) < 4.78 is 18.3. The third-order valence-corrected chi connectivity index (χ3v) is 3.49. The number of allylic oxidation sites excluding steroid dienone is 3. The number of nitrogens with zero attached hydrogens (tertiary/aromatic N) is 2. The molecule has 1 N–H and O–H groups in total. The number of fused-ring (bicyclic) bond motifs is 1. The molecule has 4 nitrogen and oxygen atoms in total. The summed E-state index contributed by atoms with van der Waals surface area (Å²) >= 11 is 0. The number of H-pyrrole nitrogens is 1. The Bertz CT molecular complexity index is 962. The van der Waals surface area contributed by atoms with Gasteiger partial charge in [0, 0.05) is 0 Å². The van der Waals surface area contributed by atoms with Crippen LogP contribution in [-0.4, -0.2) is 17.1 Å². The van der Waals surface area contributed by atoms with E-state index in [4.69, 9.17) is 4.74 Å². The van der Waals surface area contributed by atoms with E-state index in [1.165, 1.54) is 12.1 Å². The van der Waals surface area contributed by atoms with E-state index in [1.54, 1.807) is 25.3 Å². The standard InChI is InChI=1S/C19H14FN3O/c1-24-16-8-5-13(6-9-16)3-2-4-14(12-21)19-22-17-10-7-15(20)11-18(17)23-19/h2-11H,1H3,(H,22,23)/b3-2+,14-4-. The molecule has 0 bridgehead atoms. The Morgan fingerprint density at radius 2 is 2.04 bits per heavy atom. The fourth-order valence-corrected chi connectivity index (χ4v) is 2.25. The smallest absolute Gasteiger partial charge is 0.149 e. The second-order valence-corrected chi connectivity index (χ2v) is 5.07. The molecule has 3 rings (SSSR count). The normalized spacial score (nSPS) is 11.8. The number of nitriles is 1. The molecule has 1 heterocycles. The zero-order valence-electron chi connectivity index (χ0n) is 13.0. The van der Waals surface area contributed by atoms with Gasteiger partial charge in [0.25, 0.3) is 0 Å². The van der Waals surface area contributed by atoms with E-state index in [9.17, 15) is 9.65 Å². The van der Waals surface area contributed by atoms with Crippen LogP contribution in [0.3, 0.4) is 0 Å². The lowest BCUT2D eigenvalue weighted by Gasteiger charge is -1.98. The van der Waals surface area contributed by atoms with Gasteiger partial charge in [-0.25, -0.2) is 9.37 Å². The first-order valence-electron chi connectivity index (χ1n) is 7.28. The van der Waals surface area contributed by atoms with E-state index in [2.05, 4.69) is 16.0 Å². The fraction of sp³-hybridized carbons (Fsp3) is 0.0526. The van der Waals surface area contributed by atoms with Crippen molar-refractivity contribution in [3.05, 3.63) is 71.8 Å². The summed E-state index contributed by atoms with van der Waals surface area (Å²) in [6.07, 6.45) is 5.31. The van der Waals surface area contributed by atoms with Gasteiger partial charge in [0.2, 0.25) is 0 Å². The van der Waals surface area contributed by atoms with E-state index in [1.807, 2.05) is 30.3 Å². The molecule has 24 heavy (non-hydrogen) atoms. The van der Waals surface area contributed by atoms with Crippen molar-refractivity contribution < 1.29 is 9.13 Å². The summed E-state index contributed by atoms with van der Waals surface area (Å²) in [6.45, 7) is 0. The van der Waals surface area contributed by atoms with Crippen LogP contribution < -0.4 is 4.74 Å². The molecule has 0 aliphatic heterocycles. The third kappa shape index (κ3) is 3.33. The lowest BCUT2D eigenvalue weighted by atomic mass is 10.2. The first kappa shape index (κ1) is 15.5. The number of hydrogen-bond acceptors (Lipinski definition) is 3. The molecule has 2 aromatic carbocycles. The maximum absolute atomic E-state index is 13.2. The topological polar surface area (TPSA) is 61.7 Å². The van der Waals surface area contributed by atoms with Crippen LogP contribution in [0, 0.1) is 17.1 Å².